The van der Waals surface area contributed by atoms with Crippen molar-refractivity contribution in [3.05, 3.63) is 36.0 Å². The normalized spacial score (nSPS) is 10.3. The number of nitrogens with zero attached hydrogens (tertiary/aromatic N) is 2. The molecule has 0 spiro atoms. The number of hydrogen-bond acceptors (Lipinski definition) is 4. The highest BCUT2D eigenvalue weighted by atomic mass is 16.5. The Kier molecular flexibility index (Phi) is 3.72. The Balaban J connectivity index is 2.08. The number of ether oxygens (including phenoxy) is 2. The van der Waals surface area contributed by atoms with E-state index in [1.165, 1.54) is 0 Å². The van der Waals surface area contributed by atoms with Gasteiger partial charge in [0.15, 0.2) is 0 Å². The fourth-order valence-corrected chi connectivity index (χ4v) is 1.76. The van der Waals surface area contributed by atoms with Gasteiger partial charge in [0, 0.05) is 18.8 Å². The fourth-order valence-electron chi connectivity index (χ4n) is 1.76. The second kappa shape index (κ2) is 5.44. The molecule has 1 aromatic carbocycles. The molecule has 0 bridgehead atoms. The Morgan fingerprint density at radius 2 is 1.83 bits per heavy atom. The smallest absolute Gasteiger partial charge is 0.145 e. The van der Waals surface area contributed by atoms with Gasteiger partial charge < -0.3 is 15.2 Å². The summed E-state index contributed by atoms with van der Waals surface area (Å²) in [6.07, 6.45) is 2.71. The number of methoxy groups -OCH3 is 2. The van der Waals surface area contributed by atoms with E-state index in [4.69, 9.17) is 15.2 Å². The van der Waals surface area contributed by atoms with Gasteiger partial charge in [-0.15, -0.1) is 0 Å². The summed E-state index contributed by atoms with van der Waals surface area (Å²) >= 11 is 0. The van der Waals surface area contributed by atoms with Crippen LogP contribution in [-0.4, -0.2) is 24.0 Å². The highest BCUT2D eigenvalue weighted by Gasteiger charge is 2.03. The third kappa shape index (κ3) is 2.94. The summed E-state index contributed by atoms with van der Waals surface area (Å²) in [6, 6.07) is 7.63. The van der Waals surface area contributed by atoms with Gasteiger partial charge >= 0.3 is 0 Å². The molecule has 0 aliphatic carbocycles. The highest BCUT2D eigenvalue weighted by molar-refractivity contribution is 5.38. The minimum absolute atomic E-state index is 0.540. The van der Waals surface area contributed by atoms with Gasteiger partial charge in [0.25, 0.3) is 0 Å². The lowest BCUT2D eigenvalue weighted by molar-refractivity contribution is 0.393. The van der Waals surface area contributed by atoms with Gasteiger partial charge in [0.1, 0.15) is 17.3 Å². The molecule has 0 unspecified atom stereocenters. The molecule has 5 nitrogen and oxygen atoms in total. The summed E-state index contributed by atoms with van der Waals surface area (Å²) in [6.45, 7) is 0.771. The lowest BCUT2D eigenvalue weighted by atomic mass is 10.1. The van der Waals surface area contributed by atoms with Crippen molar-refractivity contribution in [2.75, 3.05) is 20.0 Å². The fraction of sp³-hybridized carbons (Fsp3) is 0.308. The molecule has 2 N–H and O–H groups in total. The lowest BCUT2D eigenvalue weighted by Crippen LogP contribution is -2.03. The Labute approximate surface area is 106 Å². The minimum atomic E-state index is 0.540. The SMILES string of the molecule is COc1cc(CCn2ccc(N)n2)cc(OC)c1. The number of hydrogen-bond donors (Lipinski definition) is 1. The van der Waals surface area contributed by atoms with Crippen molar-refractivity contribution in [1.29, 1.82) is 0 Å². The van der Waals surface area contributed by atoms with E-state index in [1.54, 1.807) is 20.3 Å². The molecule has 0 saturated carbocycles. The molecular weight excluding hydrogens is 230 g/mol. The maximum Gasteiger partial charge on any atom is 0.145 e. The molecule has 0 atom stereocenters. The number of aromatic nitrogens is 2. The van der Waals surface area contributed by atoms with Crippen LogP contribution in [0.4, 0.5) is 5.82 Å². The third-order valence-corrected chi connectivity index (χ3v) is 2.70. The molecule has 5 heteroatoms. The molecule has 0 amide bonds. The van der Waals surface area contributed by atoms with Crippen LogP contribution in [0.2, 0.25) is 0 Å². The zero-order valence-corrected chi connectivity index (χ0v) is 10.6. The van der Waals surface area contributed by atoms with Crippen molar-refractivity contribution in [3.63, 3.8) is 0 Å². The topological polar surface area (TPSA) is 62.3 Å². The highest BCUT2D eigenvalue weighted by Crippen LogP contribution is 2.22. The Morgan fingerprint density at radius 1 is 1.17 bits per heavy atom. The molecule has 0 fully saturated rings. The van der Waals surface area contributed by atoms with Gasteiger partial charge in [0.05, 0.1) is 14.2 Å². The van der Waals surface area contributed by atoms with Crippen molar-refractivity contribution < 1.29 is 9.47 Å². The van der Waals surface area contributed by atoms with E-state index >= 15 is 0 Å². The molecule has 2 rings (SSSR count). The van der Waals surface area contributed by atoms with Gasteiger partial charge in [-0.2, -0.15) is 5.10 Å². The lowest BCUT2D eigenvalue weighted by Gasteiger charge is -2.08. The second-order valence-corrected chi connectivity index (χ2v) is 3.97. The zero-order valence-electron chi connectivity index (χ0n) is 10.6. The maximum absolute atomic E-state index is 5.57. The van der Waals surface area contributed by atoms with E-state index in [1.807, 2.05) is 29.1 Å². The molecule has 0 aliphatic rings. The maximum atomic E-state index is 5.57. The first-order valence-corrected chi connectivity index (χ1v) is 5.72. The van der Waals surface area contributed by atoms with Crippen molar-refractivity contribution >= 4 is 5.82 Å². The van der Waals surface area contributed by atoms with E-state index in [2.05, 4.69) is 5.10 Å². The van der Waals surface area contributed by atoms with Crippen LogP contribution in [0.25, 0.3) is 0 Å². The molecule has 2 aromatic rings. The Morgan fingerprint density at radius 3 is 2.33 bits per heavy atom. The van der Waals surface area contributed by atoms with Crippen molar-refractivity contribution in [2.24, 2.45) is 0 Å². The molecule has 0 radical (unpaired) electrons. The predicted octanol–water partition coefficient (Wildman–Crippen LogP) is 1.73. The number of anilines is 1. The molecular formula is C13H17N3O2. The summed E-state index contributed by atoms with van der Waals surface area (Å²) in [5, 5.41) is 4.14. The molecule has 1 aromatic heterocycles. The van der Waals surface area contributed by atoms with E-state index in [-0.39, 0.29) is 0 Å². The van der Waals surface area contributed by atoms with Crippen LogP contribution < -0.4 is 15.2 Å². The average Bonchev–Trinajstić information content (AvgIpc) is 2.81. The summed E-state index contributed by atoms with van der Waals surface area (Å²) < 4.78 is 12.3. The summed E-state index contributed by atoms with van der Waals surface area (Å²) in [4.78, 5) is 0. The monoisotopic (exact) mass is 247 g/mol. The van der Waals surface area contributed by atoms with Crippen LogP contribution in [0, 0.1) is 0 Å². The number of nitrogens with two attached hydrogens (primary N) is 1. The molecule has 0 aliphatic heterocycles. The van der Waals surface area contributed by atoms with E-state index < -0.39 is 0 Å². The molecule has 0 saturated heterocycles. The minimum Gasteiger partial charge on any atom is -0.497 e. The van der Waals surface area contributed by atoms with Gasteiger partial charge in [-0.25, -0.2) is 0 Å². The first kappa shape index (κ1) is 12.3. The first-order valence-electron chi connectivity index (χ1n) is 5.72. The van der Waals surface area contributed by atoms with Crippen LogP contribution in [0.15, 0.2) is 30.5 Å². The Bertz CT molecular complexity index is 500. The molecule has 96 valence electrons. The van der Waals surface area contributed by atoms with Crippen LogP contribution in [0.1, 0.15) is 5.56 Å². The van der Waals surface area contributed by atoms with E-state index in [0.29, 0.717) is 5.82 Å². The number of benzene rings is 1. The number of nitrogen functional groups attached to an aromatic ring is 1. The summed E-state index contributed by atoms with van der Waals surface area (Å²) in [5.41, 5.74) is 6.71. The molecule has 1 heterocycles. The van der Waals surface area contributed by atoms with Crippen LogP contribution in [0.3, 0.4) is 0 Å². The third-order valence-electron chi connectivity index (χ3n) is 2.70. The van der Waals surface area contributed by atoms with E-state index in [0.717, 1.165) is 30.0 Å². The second-order valence-electron chi connectivity index (χ2n) is 3.97. The number of rotatable bonds is 5. The summed E-state index contributed by atoms with van der Waals surface area (Å²) in [7, 11) is 3.29. The number of aryl methyl sites for hydroxylation is 2. The van der Waals surface area contributed by atoms with E-state index in [9.17, 15) is 0 Å². The van der Waals surface area contributed by atoms with Gasteiger partial charge in [-0.05, 0) is 30.2 Å². The van der Waals surface area contributed by atoms with Crippen LogP contribution >= 0.6 is 0 Å². The van der Waals surface area contributed by atoms with Crippen molar-refractivity contribution in [3.8, 4) is 11.5 Å². The average molecular weight is 247 g/mol. The molecule has 18 heavy (non-hydrogen) atoms. The van der Waals surface area contributed by atoms with Crippen LogP contribution in [-0.2, 0) is 13.0 Å². The quantitative estimate of drug-likeness (QED) is 0.874. The van der Waals surface area contributed by atoms with Gasteiger partial charge in [-0.3, -0.25) is 4.68 Å². The summed E-state index contributed by atoms with van der Waals surface area (Å²) in [5.74, 6) is 2.13. The van der Waals surface area contributed by atoms with Gasteiger partial charge in [0.2, 0.25) is 0 Å². The Hall–Kier alpha value is -2.17. The standard InChI is InChI=1S/C13H17N3O2/c1-17-11-7-10(8-12(9-11)18-2)3-5-16-6-4-13(14)15-16/h4,6-9H,3,5H2,1-2H3,(H2,14,15). The zero-order chi connectivity index (χ0) is 13.0. The van der Waals surface area contributed by atoms with Gasteiger partial charge in [-0.1, -0.05) is 0 Å². The van der Waals surface area contributed by atoms with Crippen molar-refractivity contribution in [2.45, 2.75) is 13.0 Å². The first-order chi connectivity index (χ1) is 8.71. The van der Waals surface area contributed by atoms with Crippen LogP contribution in [0.5, 0.6) is 11.5 Å². The van der Waals surface area contributed by atoms with Crippen molar-refractivity contribution in [1.82, 2.24) is 9.78 Å². The largest absolute Gasteiger partial charge is 0.497 e. The predicted molar refractivity (Wildman–Crippen MR) is 69.9 cm³/mol.